The van der Waals surface area contributed by atoms with Gasteiger partial charge in [0.05, 0.1) is 0 Å². The lowest BCUT2D eigenvalue weighted by Crippen LogP contribution is -2.24. The van der Waals surface area contributed by atoms with Gasteiger partial charge in [-0.05, 0) is 35.7 Å². The van der Waals surface area contributed by atoms with Crippen molar-refractivity contribution in [2.24, 2.45) is 0 Å². The molecular formula is C20H21N5O. The predicted octanol–water partition coefficient (Wildman–Crippen LogP) is 3.67. The number of nitrogens with one attached hydrogen (secondary N) is 2. The average molecular weight is 347 g/mol. The van der Waals surface area contributed by atoms with Crippen LogP contribution >= 0.6 is 0 Å². The van der Waals surface area contributed by atoms with Gasteiger partial charge in [-0.3, -0.25) is 9.78 Å². The number of amides is 1. The zero-order valence-electron chi connectivity index (χ0n) is 14.8. The van der Waals surface area contributed by atoms with Crippen LogP contribution in [0.25, 0.3) is 0 Å². The maximum atomic E-state index is 12.4. The van der Waals surface area contributed by atoms with E-state index in [2.05, 4.69) is 39.7 Å². The molecule has 2 N–H and O–H groups in total. The van der Waals surface area contributed by atoms with Crippen molar-refractivity contribution in [1.29, 1.82) is 0 Å². The number of anilines is 2. The quantitative estimate of drug-likeness (QED) is 0.711. The molecule has 26 heavy (non-hydrogen) atoms. The monoisotopic (exact) mass is 347 g/mol. The molecule has 3 aromatic rings. The number of carbonyl (C=O) groups excluding carboxylic acids is 1. The Kier molecular flexibility index (Phi) is 5.53. The smallest absolute Gasteiger partial charge is 0.272 e. The number of hydrogen-bond acceptors (Lipinski definition) is 5. The van der Waals surface area contributed by atoms with Crippen LogP contribution in [0.5, 0.6) is 0 Å². The highest BCUT2D eigenvalue weighted by Gasteiger charge is 2.15. The number of nitrogens with zero attached hydrogens (tertiary/aromatic N) is 3. The van der Waals surface area contributed by atoms with Crippen LogP contribution in [-0.4, -0.2) is 21.1 Å². The molecule has 132 valence electrons. The summed E-state index contributed by atoms with van der Waals surface area (Å²) >= 11 is 0. The van der Waals surface area contributed by atoms with Crippen LogP contribution in [0.3, 0.4) is 0 Å². The molecule has 0 bridgehead atoms. The molecule has 0 saturated carbocycles. The van der Waals surface area contributed by atoms with Crippen LogP contribution in [0.4, 0.5) is 11.5 Å². The Morgan fingerprint density at radius 1 is 1.08 bits per heavy atom. The lowest BCUT2D eigenvalue weighted by Gasteiger charge is -2.14. The van der Waals surface area contributed by atoms with Crippen LogP contribution < -0.4 is 10.6 Å². The third-order valence-electron chi connectivity index (χ3n) is 3.89. The zero-order valence-corrected chi connectivity index (χ0v) is 14.8. The Labute approximate surface area is 152 Å². The highest BCUT2D eigenvalue weighted by atomic mass is 16.1. The second-order valence-electron chi connectivity index (χ2n) is 6.22. The van der Waals surface area contributed by atoms with Gasteiger partial charge >= 0.3 is 0 Å². The van der Waals surface area contributed by atoms with Crippen molar-refractivity contribution in [3.05, 3.63) is 77.7 Å². The van der Waals surface area contributed by atoms with Gasteiger partial charge in [-0.1, -0.05) is 38.1 Å². The van der Waals surface area contributed by atoms with Crippen molar-refractivity contribution < 1.29 is 4.79 Å². The summed E-state index contributed by atoms with van der Waals surface area (Å²) in [5, 5.41) is 14.4. The van der Waals surface area contributed by atoms with Crippen LogP contribution in [0.15, 0.2) is 60.9 Å². The standard InChI is InChI=1S/C20H21N5O/c1-14(2)17-11-18(20(26)22-13-15-7-6-10-21-12-15)24-25-19(17)23-16-8-4-3-5-9-16/h3-12,14H,13H2,1-2H3,(H,22,26)(H,23,25). The predicted molar refractivity (Wildman–Crippen MR) is 101 cm³/mol. The number of aromatic nitrogens is 3. The van der Waals surface area contributed by atoms with Crippen molar-refractivity contribution in [2.45, 2.75) is 26.3 Å². The zero-order chi connectivity index (χ0) is 18.4. The summed E-state index contributed by atoms with van der Waals surface area (Å²) in [4.78, 5) is 16.4. The van der Waals surface area contributed by atoms with Gasteiger partial charge in [0.1, 0.15) is 0 Å². The number of para-hydroxylation sites is 1. The van der Waals surface area contributed by atoms with Gasteiger partial charge in [-0.2, -0.15) is 0 Å². The highest BCUT2D eigenvalue weighted by molar-refractivity contribution is 5.92. The molecule has 0 atom stereocenters. The highest BCUT2D eigenvalue weighted by Crippen LogP contribution is 2.25. The molecule has 0 aliphatic carbocycles. The lowest BCUT2D eigenvalue weighted by atomic mass is 10.0. The molecule has 0 saturated heterocycles. The Morgan fingerprint density at radius 3 is 2.58 bits per heavy atom. The molecule has 0 radical (unpaired) electrons. The Hall–Kier alpha value is -3.28. The van der Waals surface area contributed by atoms with Crippen molar-refractivity contribution in [3.8, 4) is 0 Å². The fraction of sp³-hybridized carbons (Fsp3) is 0.200. The Balaban J connectivity index is 1.76. The van der Waals surface area contributed by atoms with Crippen molar-refractivity contribution in [2.75, 3.05) is 5.32 Å². The van der Waals surface area contributed by atoms with E-state index >= 15 is 0 Å². The van der Waals surface area contributed by atoms with E-state index in [1.165, 1.54) is 0 Å². The number of carbonyl (C=O) groups is 1. The first-order chi connectivity index (χ1) is 12.6. The van der Waals surface area contributed by atoms with Crippen LogP contribution in [0.1, 0.15) is 41.4 Å². The largest absolute Gasteiger partial charge is 0.347 e. The topological polar surface area (TPSA) is 79.8 Å². The third kappa shape index (κ3) is 4.42. The molecule has 1 aromatic carbocycles. The summed E-state index contributed by atoms with van der Waals surface area (Å²) in [6, 6.07) is 15.3. The van der Waals surface area contributed by atoms with E-state index in [1.807, 2.05) is 42.5 Å². The van der Waals surface area contributed by atoms with Gasteiger partial charge in [0.15, 0.2) is 11.5 Å². The molecule has 0 aliphatic rings. The average Bonchev–Trinajstić information content (AvgIpc) is 2.68. The minimum atomic E-state index is -0.255. The summed E-state index contributed by atoms with van der Waals surface area (Å²) in [7, 11) is 0. The van der Waals surface area contributed by atoms with E-state index in [9.17, 15) is 4.79 Å². The Bertz CT molecular complexity index is 866. The Morgan fingerprint density at radius 2 is 1.88 bits per heavy atom. The SMILES string of the molecule is CC(C)c1cc(C(=O)NCc2cccnc2)nnc1Nc1ccccc1. The van der Waals surface area contributed by atoms with Gasteiger partial charge in [0.2, 0.25) is 0 Å². The second kappa shape index (κ2) is 8.20. The fourth-order valence-electron chi connectivity index (χ4n) is 2.49. The van der Waals surface area contributed by atoms with Gasteiger partial charge in [-0.25, -0.2) is 0 Å². The molecule has 6 nitrogen and oxygen atoms in total. The first-order valence-corrected chi connectivity index (χ1v) is 8.50. The van der Waals surface area contributed by atoms with E-state index in [1.54, 1.807) is 18.5 Å². The van der Waals surface area contributed by atoms with E-state index in [0.717, 1.165) is 16.8 Å². The summed E-state index contributed by atoms with van der Waals surface area (Å²) in [6.07, 6.45) is 3.42. The molecule has 0 unspecified atom stereocenters. The first kappa shape index (κ1) is 17.5. The molecule has 2 heterocycles. The first-order valence-electron chi connectivity index (χ1n) is 8.50. The molecular weight excluding hydrogens is 326 g/mol. The van der Waals surface area contributed by atoms with Crippen LogP contribution in [-0.2, 0) is 6.54 Å². The molecule has 1 amide bonds. The maximum absolute atomic E-state index is 12.4. The molecule has 0 aliphatic heterocycles. The van der Waals surface area contributed by atoms with Gasteiger partial charge in [0, 0.05) is 30.2 Å². The molecule has 6 heteroatoms. The molecule has 0 spiro atoms. The number of hydrogen-bond donors (Lipinski definition) is 2. The number of benzene rings is 1. The van der Waals surface area contributed by atoms with Crippen molar-refractivity contribution in [1.82, 2.24) is 20.5 Å². The summed E-state index contributed by atoms with van der Waals surface area (Å²) in [6.45, 7) is 4.52. The van der Waals surface area contributed by atoms with Crippen molar-refractivity contribution >= 4 is 17.4 Å². The molecule has 3 rings (SSSR count). The maximum Gasteiger partial charge on any atom is 0.272 e. The summed E-state index contributed by atoms with van der Waals surface area (Å²) in [5.41, 5.74) is 3.10. The van der Waals surface area contributed by atoms with E-state index in [0.29, 0.717) is 18.1 Å². The number of rotatable bonds is 6. The van der Waals surface area contributed by atoms with Crippen LogP contribution in [0, 0.1) is 0 Å². The minimum Gasteiger partial charge on any atom is -0.347 e. The molecule has 0 fully saturated rings. The van der Waals surface area contributed by atoms with Gasteiger partial charge in [-0.15, -0.1) is 10.2 Å². The fourth-order valence-corrected chi connectivity index (χ4v) is 2.49. The van der Waals surface area contributed by atoms with Gasteiger partial charge in [0.25, 0.3) is 5.91 Å². The van der Waals surface area contributed by atoms with Crippen LogP contribution in [0.2, 0.25) is 0 Å². The van der Waals surface area contributed by atoms with E-state index < -0.39 is 0 Å². The minimum absolute atomic E-state index is 0.196. The lowest BCUT2D eigenvalue weighted by molar-refractivity contribution is 0.0945. The van der Waals surface area contributed by atoms with E-state index in [4.69, 9.17) is 0 Å². The van der Waals surface area contributed by atoms with E-state index in [-0.39, 0.29) is 11.8 Å². The molecule has 2 aromatic heterocycles. The number of pyridine rings is 1. The summed E-state index contributed by atoms with van der Waals surface area (Å²) in [5.74, 6) is 0.603. The van der Waals surface area contributed by atoms with Crippen molar-refractivity contribution in [3.63, 3.8) is 0 Å². The van der Waals surface area contributed by atoms with Gasteiger partial charge < -0.3 is 10.6 Å². The normalized spacial score (nSPS) is 10.6. The summed E-state index contributed by atoms with van der Waals surface area (Å²) < 4.78 is 0. The third-order valence-corrected chi connectivity index (χ3v) is 3.89. The second-order valence-corrected chi connectivity index (χ2v) is 6.22.